The second-order valence-corrected chi connectivity index (χ2v) is 13.7. The quantitative estimate of drug-likeness (QED) is 0.275. The van der Waals surface area contributed by atoms with Crippen LogP contribution in [0.5, 0.6) is 0 Å². The molecule has 1 atom stereocenters. The lowest BCUT2D eigenvalue weighted by Crippen LogP contribution is -2.55. The second-order valence-electron chi connectivity index (χ2n) is 10.9. The Morgan fingerprint density at radius 2 is 1.55 bits per heavy atom. The van der Waals surface area contributed by atoms with Crippen molar-refractivity contribution in [3.8, 4) is 0 Å². The summed E-state index contributed by atoms with van der Waals surface area (Å²) in [6.07, 6.45) is 6.37. The molecule has 3 aromatic rings. The third-order valence-corrected chi connectivity index (χ3v) is 9.21. The lowest BCUT2D eigenvalue weighted by Gasteiger charge is -2.35. The Morgan fingerprint density at radius 3 is 2.17 bits per heavy atom. The predicted molar refractivity (Wildman–Crippen MR) is 169 cm³/mol. The van der Waals surface area contributed by atoms with Gasteiger partial charge in [-0.3, -0.25) is 13.9 Å². The van der Waals surface area contributed by atoms with E-state index >= 15 is 0 Å². The van der Waals surface area contributed by atoms with Gasteiger partial charge in [-0.25, -0.2) is 8.42 Å². The van der Waals surface area contributed by atoms with Crippen molar-refractivity contribution < 1.29 is 18.0 Å². The zero-order valence-electron chi connectivity index (χ0n) is 23.9. The number of aryl methyl sites for hydroxylation is 1. The van der Waals surface area contributed by atoms with E-state index in [9.17, 15) is 18.0 Å². The molecule has 1 aliphatic carbocycles. The molecule has 0 spiro atoms. The highest BCUT2D eigenvalue weighted by Gasteiger charge is 2.34. The molecule has 0 bridgehead atoms. The summed E-state index contributed by atoms with van der Waals surface area (Å²) in [4.78, 5) is 29.7. The number of anilines is 1. The number of benzene rings is 3. The van der Waals surface area contributed by atoms with Gasteiger partial charge < -0.3 is 10.2 Å². The Hall–Kier alpha value is -3.07. The molecule has 0 aromatic heterocycles. The highest BCUT2D eigenvalue weighted by atomic mass is 35.5. The SMILES string of the molecule is Cc1cc(Cl)ccc1N(CC(=O)N(Cc1ccc(Cl)cc1)[C@@H](Cc1ccccc1)C(=O)NC1CCCCC1)S(C)(=O)=O. The zero-order chi connectivity index (χ0) is 30.3. The molecule has 0 radical (unpaired) electrons. The molecule has 1 aliphatic rings. The average Bonchev–Trinajstić information content (AvgIpc) is 2.95. The van der Waals surface area contributed by atoms with Crippen LogP contribution in [0.4, 0.5) is 5.69 Å². The number of halogens is 2. The predicted octanol–water partition coefficient (Wildman–Crippen LogP) is 6.16. The van der Waals surface area contributed by atoms with Gasteiger partial charge in [-0.1, -0.05) is 84.9 Å². The van der Waals surface area contributed by atoms with Crippen molar-refractivity contribution in [2.45, 2.75) is 64.1 Å². The number of carbonyl (C=O) groups is 2. The first kappa shape index (κ1) is 31.9. The van der Waals surface area contributed by atoms with Crippen molar-refractivity contribution in [3.05, 3.63) is 99.5 Å². The van der Waals surface area contributed by atoms with Crippen LogP contribution in [0.3, 0.4) is 0 Å². The molecular formula is C32H37Cl2N3O4S. The molecule has 0 saturated heterocycles. The number of amides is 2. The van der Waals surface area contributed by atoms with Gasteiger partial charge in [0.2, 0.25) is 21.8 Å². The third kappa shape index (κ3) is 8.72. The number of hydrogen-bond acceptors (Lipinski definition) is 4. The third-order valence-electron chi connectivity index (χ3n) is 7.60. The molecule has 0 aliphatic heterocycles. The highest BCUT2D eigenvalue weighted by Crippen LogP contribution is 2.27. The maximum absolute atomic E-state index is 14.2. The van der Waals surface area contributed by atoms with E-state index in [2.05, 4.69) is 5.32 Å². The van der Waals surface area contributed by atoms with Crippen LogP contribution in [-0.4, -0.2) is 50.0 Å². The smallest absolute Gasteiger partial charge is 0.244 e. The Kier molecular flexibility index (Phi) is 10.9. The monoisotopic (exact) mass is 629 g/mol. The molecule has 42 heavy (non-hydrogen) atoms. The summed E-state index contributed by atoms with van der Waals surface area (Å²) in [7, 11) is -3.86. The Morgan fingerprint density at radius 1 is 0.905 bits per heavy atom. The lowest BCUT2D eigenvalue weighted by atomic mass is 9.94. The van der Waals surface area contributed by atoms with Crippen LogP contribution < -0.4 is 9.62 Å². The van der Waals surface area contributed by atoms with Crippen LogP contribution in [0.1, 0.15) is 48.8 Å². The first-order valence-electron chi connectivity index (χ1n) is 14.1. The Balaban J connectivity index is 1.73. The lowest BCUT2D eigenvalue weighted by molar-refractivity contribution is -0.140. The maximum atomic E-state index is 14.2. The van der Waals surface area contributed by atoms with Crippen LogP contribution in [0.15, 0.2) is 72.8 Å². The van der Waals surface area contributed by atoms with Crippen LogP contribution in [0.25, 0.3) is 0 Å². The van der Waals surface area contributed by atoms with E-state index < -0.39 is 28.5 Å². The number of rotatable bonds is 11. The summed E-state index contributed by atoms with van der Waals surface area (Å²) in [6, 6.07) is 20.6. The van der Waals surface area contributed by atoms with Crippen LogP contribution in [-0.2, 0) is 32.6 Å². The minimum atomic E-state index is -3.86. The molecule has 10 heteroatoms. The summed E-state index contributed by atoms with van der Waals surface area (Å²) < 4.78 is 27.1. The second kappa shape index (κ2) is 14.4. The van der Waals surface area contributed by atoms with Gasteiger partial charge in [0.1, 0.15) is 12.6 Å². The number of nitrogens with zero attached hydrogens (tertiary/aromatic N) is 2. The van der Waals surface area contributed by atoms with Crippen molar-refractivity contribution in [2.24, 2.45) is 0 Å². The molecule has 0 unspecified atom stereocenters. The fourth-order valence-corrected chi connectivity index (χ4v) is 6.64. The van der Waals surface area contributed by atoms with E-state index in [1.54, 1.807) is 49.4 Å². The molecule has 1 fully saturated rings. The molecular weight excluding hydrogens is 593 g/mol. The fraction of sp³-hybridized carbons (Fsp3) is 0.375. The van der Waals surface area contributed by atoms with Gasteiger partial charge in [-0.05, 0) is 66.8 Å². The average molecular weight is 631 g/mol. The van der Waals surface area contributed by atoms with Crippen LogP contribution in [0.2, 0.25) is 10.0 Å². The number of hydrogen-bond donors (Lipinski definition) is 1. The minimum Gasteiger partial charge on any atom is -0.352 e. The molecule has 1 N–H and O–H groups in total. The number of carbonyl (C=O) groups excluding carboxylic acids is 2. The molecule has 1 saturated carbocycles. The summed E-state index contributed by atoms with van der Waals surface area (Å²) in [5, 5.41) is 4.21. The zero-order valence-corrected chi connectivity index (χ0v) is 26.3. The largest absolute Gasteiger partial charge is 0.352 e. The van der Waals surface area contributed by atoms with E-state index in [-0.39, 0.29) is 24.9 Å². The fourth-order valence-electron chi connectivity index (χ4n) is 5.38. The Bertz CT molecular complexity index is 1480. The minimum absolute atomic E-state index is 0.0428. The van der Waals surface area contributed by atoms with Crippen molar-refractivity contribution in [3.63, 3.8) is 0 Å². The van der Waals surface area contributed by atoms with E-state index in [0.29, 0.717) is 21.3 Å². The van der Waals surface area contributed by atoms with Crippen LogP contribution in [0, 0.1) is 6.92 Å². The summed E-state index contributed by atoms with van der Waals surface area (Å²) in [6.45, 7) is 1.37. The van der Waals surface area contributed by atoms with Gasteiger partial charge in [-0.2, -0.15) is 0 Å². The van der Waals surface area contributed by atoms with Crippen molar-refractivity contribution in [1.29, 1.82) is 0 Å². The highest BCUT2D eigenvalue weighted by molar-refractivity contribution is 7.92. The molecule has 224 valence electrons. The van der Waals surface area contributed by atoms with Gasteiger partial charge in [0, 0.05) is 29.1 Å². The normalized spacial score (nSPS) is 14.7. The molecule has 4 rings (SSSR count). The molecule has 3 aromatic carbocycles. The van der Waals surface area contributed by atoms with E-state index in [4.69, 9.17) is 23.2 Å². The molecule has 2 amide bonds. The van der Waals surface area contributed by atoms with Crippen molar-refractivity contribution in [1.82, 2.24) is 10.2 Å². The summed E-state index contributed by atoms with van der Waals surface area (Å²) in [5.74, 6) is -0.744. The van der Waals surface area contributed by atoms with Gasteiger partial charge in [0.05, 0.1) is 11.9 Å². The number of sulfonamides is 1. The van der Waals surface area contributed by atoms with Gasteiger partial charge in [0.25, 0.3) is 0 Å². The van der Waals surface area contributed by atoms with E-state index in [1.165, 1.54) is 4.90 Å². The summed E-state index contributed by atoms with van der Waals surface area (Å²) >= 11 is 12.3. The topological polar surface area (TPSA) is 86.8 Å². The van der Waals surface area contributed by atoms with E-state index in [0.717, 1.165) is 53.8 Å². The standard InChI is InChI=1S/C32H37Cl2N3O4S/c1-23-19-27(34)17-18-29(23)37(42(2,40)41)22-31(38)36(21-25-13-15-26(33)16-14-25)30(20-24-9-5-3-6-10-24)32(39)35-28-11-7-4-8-12-28/h3,5-6,9-10,13-19,28,30H,4,7-8,11-12,20-22H2,1-2H3,(H,35,39)/t30-/m0/s1. The summed E-state index contributed by atoms with van der Waals surface area (Å²) in [5.41, 5.74) is 2.63. The maximum Gasteiger partial charge on any atom is 0.244 e. The molecule has 7 nitrogen and oxygen atoms in total. The van der Waals surface area contributed by atoms with Gasteiger partial charge >= 0.3 is 0 Å². The van der Waals surface area contributed by atoms with Crippen LogP contribution >= 0.6 is 23.2 Å². The first-order valence-corrected chi connectivity index (χ1v) is 16.7. The van der Waals surface area contributed by atoms with Gasteiger partial charge in [-0.15, -0.1) is 0 Å². The van der Waals surface area contributed by atoms with E-state index in [1.807, 2.05) is 30.3 Å². The Labute approximate surface area is 258 Å². The molecule has 0 heterocycles. The van der Waals surface area contributed by atoms with Crippen molar-refractivity contribution in [2.75, 3.05) is 17.1 Å². The first-order chi connectivity index (χ1) is 20.0. The van der Waals surface area contributed by atoms with Gasteiger partial charge in [0.15, 0.2) is 0 Å². The number of nitrogens with one attached hydrogen (secondary N) is 1. The van der Waals surface area contributed by atoms with Crippen molar-refractivity contribution >= 4 is 50.7 Å².